The van der Waals surface area contributed by atoms with E-state index >= 15 is 0 Å². The summed E-state index contributed by atoms with van der Waals surface area (Å²) in [5.41, 5.74) is 0. The quantitative estimate of drug-likeness (QED) is 0.713. The van der Waals surface area contributed by atoms with Gasteiger partial charge < -0.3 is 5.32 Å². The molecule has 1 heterocycles. The van der Waals surface area contributed by atoms with Gasteiger partial charge in [0.15, 0.2) is 0 Å². The van der Waals surface area contributed by atoms with Crippen molar-refractivity contribution in [3.63, 3.8) is 0 Å². The Morgan fingerprint density at radius 3 is 2.50 bits per heavy atom. The monoisotopic (exact) mass is 301 g/mol. The van der Waals surface area contributed by atoms with Gasteiger partial charge in [0.1, 0.15) is 0 Å². The van der Waals surface area contributed by atoms with Crippen LogP contribution in [0.5, 0.6) is 0 Å². The van der Waals surface area contributed by atoms with Gasteiger partial charge in [-0.2, -0.15) is 0 Å². The first kappa shape index (κ1) is 14.3. The molecule has 3 fully saturated rings. The number of hydrogen-bond donors (Lipinski definition) is 2. The van der Waals surface area contributed by atoms with E-state index in [1.165, 1.54) is 0 Å². The fourth-order valence-corrected chi connectivity index (χ4v) is 4.31. The molecule has 0 radical (unpaired) electrons. The molecule has 3 aliphatic rings. The molecule has 2 aliphatic carbocycles. The zero-order valence-electron chi connectivity index (χ0n) is 11.7. The lowest BCUT2D eigenvalue weighted by Gasteiger charge is -2.32. The number of piperidine rings is 1. The molecule has 0 bridgehead atoms. The number of likely N-dealkylation sites (tertiary alicyclic amines) is 1. The van der Waals surface area contributed by atoms with Gasteiger partial charge in [-0.15, -0.1) is 0 Å². The molecule has 2 N–H and O–H groups in total. The molecule has 0 aromatic heterocycles. The van der Waals surface area contributed by atoms with Crippen LogP contribution in [0, 0.1) is 0 Å². The maximum absolute atomic E-state index is 11.9. The topological polar surface area (TPSA) is 78.5 Å². The highest BCUT2D eigenvalue weighted by molar-refractivity contribution is 7.90. The lowest BCUT2D eigenvalue weighted by molar-refractivity contribution is -0.122. The zero-order valence-corrected chi connectivity index (χ0v) is 12.5. The maximum Gasteiger partial charge on any atom is 0.234 e. The van der Waals surface area contributed by atoms with E-state index in [0.717, 1.165) is 45.1 Å². The fraction of sp³-hybridized carbons (Fsp3) is 0.923. The van der Waals surface area contributed by atoms with Crippen molar-refractivity contribution in [2.75, 3.05) is 19.6 Å². The van der Waals surface area contributed by atoms with Crippen LogP contribution < -0.4 is 10.0 Å². The van der Waals surface area contributed by atoms with E-state index in [1.807, 2.05) is 0 Å². The summed E-state index contributed by atoms with van der Waals surface area (Å²) in [5, 5.41) is 2.80. The molecule has 0 aromatic rings. The number of hydrogen-bond acceptors (Lipinski definition) is 4. The van der Waals surface area contributed by atoms with Gasteiger partial charge in [0.25, 0.3) is 0 Å². The fourth-order valence-electron chi connectivity index (χ4n) is 2.71. The molecule has 1 amide bonds. The zero-order chi connectivity index (χ0) is 14.2. The molecular formula is C13H23N3O3S. The Morgan fingerprint density at radius 1 is 1.10 bits per heavy atom. The number of nitrogens with zero attached hydrogens (tertiary/aromatic N) is 1. The standard InChI is InChI=1S/C13H23N3O3S/c17-13(14-10-3-4-10)9-16-7-1-2-11(8-16)15-20(18,19)12-5-6-12/h10-12,15H,1-9H2,(H,14,17). The number of carbonyl (C=O) groups is 1. The molecule has 2 saturated carbocycles. The molecule has 7 heteroatoms. The van der Waals surface area contributed by atoms with Gasteiger partial charge in [0.05, 0.1) is 11.8 Å². The summed E-state index contributed by atoms with van der Waals surface area (Å²) >= 11 is 0. The highest BCUT2D eigenvalue weighted by atomic mass is 32.2. The summed E-state index contributed by atoms with van der Waals surface area (Å²) in [5.74, 6) is 0.0678. The van der Waals surface area contributed by atoms with Gasteiger partial charge in [-0.3, -0.25) is 9.69 Å². The van der Waals surface area contributed by atoms with Gasteiger partial charge in [-0.05, 0) is 45.1 Å². The normalized spacial score (nSPS) is 28.3. The summed E-state index contributed by atoms with van der Waals surface area (Å²) in [7, 11) is -3.12. The molecule has 1 atom stereocenters. The Kier molecular flexibility index (Phi) is 4.01. The van der Waals surface area contributed by atoms with Crippen molar-refractivity contribution in [1.82, 2.24) is 14.9 Å². The third kappa shape index (κ3) is 3.93. The van der Waals surface area contributed by atoms with Crippen LogP contribution in [0.2, 0.25) is 0 Å². The van der Waals surface area contributed by atoms with Crippen LogP contribution in [0.25, 0.3) is 0 Å². The van der Waals surface area contributed by atoms with Gasteiger partial charge in [-0.1, -0.05) is 0 Å². The summed E-state index contributed by atoms with van der Waals surface area (Å²) < 4.78 is 26.7. The van der Waals surface area contributed by atoms with E-state index in [0.29, 0.717) is 19.1 Å². The number of rotatable bonds is 6. The first-order valence-corrected chi connectivity index (χ1v) is 9.10. The molecule has 6 nitrogen and oxygen atoms in total. The van der Waals surface area contributed by atoms with Crippen LogP contribution in [-0.4, -0.2) is 56.2 Å². The van der Waals surface area contributed by atoms with E-state index in [1.54, 1.807) is 0 Å². The third-order valence-corrected chi connectivity index (χ3v) is 6.12. The van der Waals surface area contributed by atoms with Crippen molar-refractivity contribution in [2.24, 2.45) is 0 Å². The lowest BCUT2D eigenvalue weighted by Crippen LogP contribution is -2.50. The minimum absolute atomic E-state index is 0.0388. The summed E-state index contributed by atoms with van der Waals surface area (Å²) in [4.78, 5) is 13.8. The SMILES string of the molecule is O=C(CN1CCCC(NS(=O)(=O)C2CC2)C1)NC1CC1. The van der Waals surface area contributed by atoms with Crippen molar-refractivity contribution in [3.8, 4) is 0 Å². The molecule has 0 spiro atoms. The van der Waals surface area contributed by atoms with Crippen molar-refractivity contribution < 1.29 is 13.2 Å². The van der Waals surface area contributed by atoms with E-state index < -0.39 is 10.0 Å². The third-order valence-electron chi connectivity index (χ3n) is 4.11. The molecule has 1 unspecified atom stereocenters. The van der Waals surface area contributed by atoms with E-state index in [2.05, 4.69) is 14.9 Å². The molecule has 1 aliphatic heterocycles. The molecule has 20 heavy (non-hydrogen) atoms. The van der Waals surface area contributed by atoms with Gasteiger partial charge in [0.2, 0.25) is 15.9 Å². The minimum atomic E-state index is -3.12. The smallest absolute Gasteiger partial charge is 0.234 e. The predicted molar refractivity (Wildman–Crippen MR) is 75.7 cm³/mol. The van der Waals surface area contributed by atoms with Crippen LogP contribution in [0.4, 0.5) is 0 Å². The molecule has 3 rings (SSSR count). The first-order chi connectivity index (χ1) is 9.53. The first-order valence-electron chi connectivity index (χ1n) is 7.56. The summed E-state index contributed by atoms with van der Waals surface area (Å²) in [6.45, 7) is 1.90. The van der Waals surface area contributed by atoms with Crippen molar-refractivity contribution in [1.29, 1.82) is 0 Å². The molecular weight excluding hydrogens is 278 g/mol. The van der Waals surface area contributed by atoms with Crippen LogP contribution in [0.15, 0.2) is 0 Å². The summed E-state index contributed by atoms with van der Waals surface area (Å²) in [6, 6.07) is 0.347. The second-order valence-electron chi connectivity index (χ2n) is 6.28. The Balaban J connectivity index is 1.46. The Labute approximate surface area is 120 Å². The Morgan fingerprint density at radius 2 is 1.85 bits per heavy atom. The van der Waals surface area contributed by atoms with Crippen LogP contribution in [0.3, 0.4) is 0 Å². The largest absolute Gasteiger partial charge is 0.352 e. The Bertz CT molecular complexity index is 471. The van der Waals surface area contributed by atoms with Crippen molar-refractivity contribution in [2.45, 2.75) is 55.9 Å². The Hall–Kier alpha value is -0.660. The highest BCUT2D eigenvalue weighted by Crippen LogP contribution is 2.28. The number of nitrogens with one attached hydrogen (secondary N) is 2. The molecule has 114 valence electrons. The van der Waals surface area contributed by atoms with E-state index in [9.17, 15) is 13.2 Å². The summed E-state index contributed by atoms with van der Waals surface area (Å²) in [6.07, 6.45) is 5.57. The van der Waals surface area contributed by atoms with Gasteiger partial charge in [0, 0.05) is 18.6 Å². The number of sulfonamides is 1. The van der Waals surface area contributed by atoms with Crippen molar-refractivity contribution in [3.05, 3.63) is 0 Å². The second kappa shape index (κ2) is 5.61. The van der Waals surface area contributed by atoms with E-state index in [4.69, 9.17) is 0 Å². The van der Waals surface area contributed by atoms with Gasteiger partial charge in [-0.25, -0.2) is 13.1 Å². The van der Waals surface area contributed by atoms with Crippen molar-refractivity contribution >= 4 is 15.9 Å². The number of carbonyl (C=O) groups excluding carboxylic acids is 1. The minimum Gasteiger partial charge on any atom is -0.352 e. The van der Waals surface area contributed by atoms with Crippen LogP contribution in [-0.2, 0) is 14.8 Å². The average molecular weight is 301 g/mol. The molecule has 0 aromatic carbocycles. The predicted octanol–water partition coefficient (Wildman–Crippen LogP) is -0.189. The second-order valence-corrected chi connectivity index (χ2v) is 8.27. The highest BCUT2D eigenvalue weighted by Gasteiger charge is 2.37. The molecule has 1 saturated heterocycles. The van der Waals surface area contributed by atoms with Gasteiger partial charge >= 0.3 is 0 Å². The number of amides is 1. The van der Waals surface area contributed by atoms with E-state index in [-0.39, 0.29) is 17.2 Å². The van der Waals surface area contributed by atoms with Crippen LogP contribution >= 0.6 is 0 Å². The lowest BCUT2D eigenvalue weighted by atomic mass is 10.1. The average Bonchev–Trinajstić information content (AvgIpc) is 3.23. The maximum atomic E-state index is 11.9. The van der Waals surface area contributed by atoms with Crippen LogP contribution in [0.1, 0.15) is 38.5 Å².